The topological polar surface area (TPSA) is 15.7 Å². The van der Waals surface area contributed by atoms with Crippen LogP contribution in [-0.2, 0) is 4.74 Å². The lowest BCUT2D eigenvalue weighted by atomic mass is 10.2. The molecule has 3 nitrogen and oxygen atoms in total. The third kappa shape index (κ3) is 5.83. The van der Waals surface area contributed by atoms with E-state index in [4.69, 9.17) is 4.74 Å². The summed E-state index contributed by atoms with van der Waals surface area (Å²) >= 11 is 0. The summed E-state index contributed by atoms with van der Waals surface area (Å²) < 4.78 is 5.52. The number of nitrogens with zero attached hydrogens (tertiary/aromatic N) is 2. The number of piperazine rings is 1. The van der Waals surface area contributed by atoms with Crippen molar-refractivity contribution in [2.75, 3.05) is 52.5 Å². The van der Waals surface area contributed by atoms with Gasteiger partial charge in [-0.3, -0.25) is 4.90 Å². The quantitative estimate of drug-likeness (QED) is 0.617. The van der Waals surface area contributed by atoms with Gasteiger partial charge < -0.3 is 9.64 Å². The molecule has 0 atom stereocenters. The van der Waals surface area contributed by atoms with Crippen LogP contribution in [0.2, 0.25) is 0 Å². The summed E-state index contributed by atoms with van der Waals surface area (Å²) in [6, 6.07) is 0. The van der Waals surface area contributed by atoms with E-state index < -0.39 is 0 Å². The summed E-state index contributed by atoms with van der Waals surface area (Å²) in [4.78, 5) is 5.10. The summed E-state index contributed by atoms with van der Waals surface area (Å²) in [6.45, 7) is 15.8. The van der Waals surface area contributed by atoms with Crippen LogP contribution in [0.4, 0.5) is 0 Å². The van der Waals surface area contributed by atoms with Crippen LogP contribution in [0.5, 0.6) is 0 Å². The molecule has 0 N–H and O–H groups in total. The van der Waals surface area contributed by atoms with Gasteiger partial charge >= 0.3 is 0 Å². The molecule has 1 aliphatic heterocycles. The predicted octanol–water partition coefficient (Wildman–Crippen LogP) is 1.69. The van der Waals surface area contributed by atoms with Gasteiger partial charge in [0.2, 0.25) is 0 Å². The summed E-state index contributed by atoms with van der Waals surface area (Å²) in [5, 5.41) is 0. The molecule has 1 fully saturated rings. The van der Waals surface area contributed by atoms with Crippen molar-refractivity contribution in [3.05, 3.63) is 0 Å². The molecule has 0 amide bonds. The normalized spacial score (nSPS) is 19.5. The Hall–Kier alpha value is -0.120. The Kier molecular flexibility index (Phi) is 7.01. The van der Waals surface area contributed by atoms with Crippen molar-refractivity contribution < 1.29 is 4.74 Å². The van der Waals surface area contributed by atoms with Crippen molar-refractivity contribution >= 4 is 0 Å². The van der Waals surface area contributed by atoms with Gasteiger partial charge in [-0.15, -0.1) is 0 Å². The highest BCUT2D eigenvalue weighted by Crippen LogP contribution is 2.04. The zero-order valence-corrected chi connectivity index (χ0v) is 11.2. The average Bonchev–Trinajstić information content (AvgIpc) is 2.26. The molecule has 1 saturated heterocycles. The standard InChI is InChI=1S/C13H28N2O/c1-4-10-16-11-9-14-5-7-15(8-6-14)12-13(2)3/h13H,4-12H2,1-3H3. The fraction of sp³-hybridized carbons (Fsp3) is 1.00. The van der Waals surface area contributed by atoms with Gasteiger partial charge in [-0.05, 0) is 12.3 Å². The minimum absolute atomic E-state index is 0.791. The summed E-state index contributed by atoms with van der Waals surface area (Å²) in [5.41, 5.74) is 0. The number of rotatable bonds is 7. The van der Waals surface area contributed by atoms with E-state index in [0.29, 0.717) is 0 Å². The maximum Gasteiger partial charge on any atom is 0.0593 e. The van der Waals surface area contributed by atoms with Crippen LogP contribution >= 0.6 is 0 Å². The second-order valence-electron chi connectivity index (χ2n) is 5.15. The van der Waals surface area contributed by atoms with Crippen LogP contribution in [-0.4, -0.2) is 62.3 Å². The molecule has 1 aliphatic rings. The van der Waals surface area contributed by atoms with Gasteiger partial charge in [0.05, 0.1) is 6.61 Å². The lowest BCUT2D eigenvalue weighted by Crippen LogP contribution is -2.48. The van der Waals surface area contributed by atoms with E-state index in [1.54, 1.807) is 0 Å². The van der Waals surface area contributed by atoms with Crippen molar-refractivity contribution in [3.8, 4) is 0 Å². The van der Waals surface area contributed by atoms with Crippen LogP contribution in [0.3, 0.4) is 0 Å². The Morgan fingerprint density at radius 2 is 1.62 bits per heavy atom. The third-order valence-electron chi connectivity index (χ3n) is 2.99. The van der Waals surface area contributed by atoms with Crippen LogP contribution in [0.15, 0.2) is 0 Å². The highest BCUT2D eigenvalue weighted by Gasteiger charge is 2.16. The SMILES string of the molecule is CCCOCCN1CCN(CC(C)C)CC1. The molecule has 16 heavy (non-hydrogen) atoms. The molecule has 0 aliphatic carbocycles. The van der Waals surface area contributed by atoms with Gasteiger partial charge in [0.15, 0.2) is 0 Å². The summed E-state index contributed by atoms with van der Waals surface area (Å²) in [6.07, 6.45) is 1.13. The molecular weight excluding hydrogens is 200 g/mol. The van der Waals surface area contributed by atoms with Gasteiger partial charge in [0.25, 0.3) is 0 Å². The number of hydrogen-bond acceptors (Lipinski definition) is 3. The van der Waals surface area contributed by atoms with E-state index in [-0.39, 0.29) is 0 Å². The highest BCUT2D eigenvalue weighted by atomic mass is 16.5. The predicted molar refractivity (Wildman–Crippen MR) is 68.8 cm³/mol. The van der Waals surface area contributed by atoms with Crippen molar-refractivity contribution in [2.24, 2.45) is 5.92 Å². The molecule has 0 saturated carbocycles. The zero-order chi connectivity index (χ0) is 11.8. The van der Waals surface area contributed by atoms with Gasteiger partial charge in [0.1, 0.15) is 0 Å². The molecule has 0 radical (unpaired) electrons. The maximum atomic E-state index is 5.52. The lowest BCUT2D eigenvalue weighted by Gasteiger charge is -2.35. The van der Waals surface area contributed by atoms with E-state index in [0.717, 1.165) is 32.1 Å². The molecule has 1 rings (SSSR count). The van der Waals surface area contributed by atoms with Crippen LogP contribution < -0.4 is 0 Å². The molecule has 0 aromatic rings. The fourth-order valence-electron chi connectivity index (χ4n) is 2.15. The molecule has 0 aromatic heterocycles. The minimum Gasteiger partial charge on any atom is -0.380 e. The molecule has 1 heterocycles. The molecule has 96 valence electrons. The maximum absolute atomic E-state index is 5.52. The lowest BCUT2D eigenvalue weighted by molar-refractivity contribution is 0.0726. The van der Waals surface area contributed by atoms with Crippen LogP contribution in [0, 0.1) is 5.92 Å². The van der Waals surface area contributed by atoms with Gasteiger partial charge in [0, 0.05) is 45.9 Å². The Labute approximate surface area is 101 Å². The fourth-order valence-corrected chi connectivity index (χ4v) is 2.15. The van der Waals surface area contributed by atoms with E-state index >= 15 is 0 Å². The van der Waals surface area contributed by atoms with E-state index in [9.17, 15) is 0 Å². The minimum atomic E-state index is 0.791. The first-order valence-corrected chi connectivity index (χ1v) is 6.74. The van der Waals surface area contributed by atoms with E-state index in [1.165, 1.54) is 32.7 Å². The average molecular weight is 228 g/mol. The Bertz CT molecular complexity index is 165. The molecule has 3 heteroatoms. The first kappa shape index (κ1) is 13.9. The third-order valence-corrected chi connectivity index (χ3v) is 2.99. The molecule has 0 bridgehead atoms. The summed E-state index contributed by atoms with van der Waals surface area (Å²) in [7, 11) is 0. The zero-order valence-electron chi connectivity index (χ0n) is 11.2. The Morgan fingerprint density at radius 1 is 1.00 bits per heavy atom. The second-order valence-corrected chi connectivity index (χ2v) is 5.15. The number of hydrogen-bond donors (Lipinski definition) is 0. The van der Waals surface area contributed by atoms with Crippen molar-refractivity contribution in [1.29, 1.82) is 0 Å². The van der Waals surface area contributed by atoms with Crippen molar-refractivity contribution in [2.45, 2.75) is 27.2 Å². The van der Waals surface area contributed by atoms with Gasteiger partial charge in [-0.1, -0.05) is 20.8 Å². The molecule has 0 spiro atoms. The van der Waals surface area contributed by atoms with Crippen LogP contribution in [0.1, 0.15) is 27.2 Å². The Balaban J connectivity index is 2.03. The van der Waals surface area contributed by atoms with Crippen LogP contribution in [0.25, 0.3) is 0 Å². The van der Waals surface area contributed by atoms with Gasteiger partial charge in [-0.25, -0.2) is 0 Å². The first-order valence-electron chi connectivity index (χ1n) is 6.74. The first-order chi connectivity index (χ1) is 7.72. The Morgan fingerprint density at radius 3 is 2.19 bits per heavy atom. The van der Waals surface area contributed by atoms with E-state index in [2.05, 4.69) is 30.6 Å². The highest BCUT2D eigenvalue weighted by molar-refractivity contribution is 4.72. The smallest absolute Gasteiger partial charge is 0.0593 e. The molecular formula is C13H28N2O. The molecule has 0 unspecified atom stereocenters. The van der Waals surface area contributed by atoms with Crippen molar-refractivity contribution in [1.82, 2.24) is 9.80 Å². The monoisotopic (exact) mass is 228 g/mol. The number of ether oxygens (including phenoxy) is 1. The van der Waals surface area contributed by atoms with Gasteiger partial charge in [-0.2, -0.15) is 0 Å². The largest absolute Gasteiger partial charge is 0.380 e. The summed E-state index contributed by atoms with van der Waals surface area (Å²) in [5.74, 6) is 0.791. The molecule has 0 aromatic carbocycles. The van der Waals surface area contributed by atoms with Crippen molar-refractivity contribution in [3.63, 3.8) is 0 Å². The van der Waals surface area contributed by atoms with E-state index in [1.807, 2.05) is 0 Å². The second kappa shape index (κ2) is 8.04.